The van der Waals surface area contributed by atoms with E-state index in [9.17, 15) is 4.79 Å². The lowest BCUT2D eigenvalue weighted by atomic mass is 10.0. The Morgan fingerprint density at radius 1 is 1.50 bits per heavy atom. The molecule has 2 rings (SSSR count). The lowest BCUT2D eigenvalue weighted by Gasteiger charge is -2.16. The van der Waals surface area contributed by atoms with E-state index in [4.69, 9.17) is 12.2 Å². The van der Waals surface area contributed by atoms with E-state index in [1.165, 1.54) is 0 Å². The van der Waals surface area contributed by atoms with Gasteiger partial charge < -0.3 is 10.6 Å². The lowest BCUT2D eigenvalue weighted by molar-refractivity contribution is -0.110. The van der Waals surface area contributed by atoms with E-state index in [1.54, 1.807) is 0 Å². The van der Waals surface area contributed by atoms with Crippen LogP contribution in [0.25, 0.3) is 0 Å². The van der Waals surface area contributed by atoms with Gasteiger partial charge in [-0.15, -0.1) is 12.6 Å². The summed E-state index contributed by atoms with van der Waals surface area (Å²) in [7, 11) is 0. The molecule has 0 aromatic rings. The van der Waals surface area contributed by atoms with Gasteiger partial charge >= 0.3 is 0 Å². The Hall–Kier alpha value is 0.0600. The van der Waals surface area contributed by atoms with Crippen molar-refractivity contribution >= 4 is 46.8 Å². The number of thioether (sulfide) groups is 1. The molecule has 0 bridgehead atoms. The van der Waals surface area contributed by atoms with Crippen LogP contribution in [0, 0.1) is 0 Å². The smallest absolute Gasteiger partial charge is 0.185 e. The molecule has 2 aliphatic heterocycles. The van der Waals surface area contributed by atoms with E-state index in [0.29, 0.717) is 23.8 Å². The van der Waals surface area contributed by atoms with E-state index < -0.39 is 0 Å². The summed E-state index contributed by atoms with van der Waals surface area (Å²) >= 11 is 10.9. The fourth-order valence-electron chi connectivity index (χ4n) is 2.26. The third-order valence-electron chi connectivity index (χ3n) is 3.07. The molecule has 90 valence electrons. The van der Waals surface area contributed by atoms with E-state index in [0.717, 1.165) is 30.1 Å². The number of hydrogen-bond acceptors (Lipinski definition) is 3. The minimum Gasteiger partial charge on any atom is -0.357 e. The van der Waals surface area contributed by atoms with Gasteiger partial charge in [-0.2, -0.15) is 11.8 Å². The number of carbonyl (C=O) groups is 1. The first-order valence-corrected chi connectivity index (χ1v) is 7.47. The number of thiocarbonyl (C=S) groups is 1. The van der Waals surface area contributed by atoms with Crippen LogP contribution in [0.15, 0.2) is 0 Å². The van der Waals surface area contributed by atoms with Crippen molar-refractivity contribution in [1.82, 2.24) is 10.6 Å². The summed E-state index contributed by atoms with van der Waals surface area (Å²) in [5.41, 5.74) is 0. The van der Waals surface area contributed by atoms with Gasteiger partial charge in [-0.1, -0.05) is 6.42 Å². The summed E-state index contributed by atoms with van der Waals surface area (Å²) in [6.45, 7) is 0. The third kappa shape index (κ3) is 3.05. The van der Waals surface area contributed by atoms with E-state index >= 15 is 0 Å². The molecule has 2 fully saturated rings. The van der Waals surface area contributed by atoms with Crippen LogP contribution in [0.5, 0.6) is 0 Å². The summed E-state index contributed by atoms with van der Waals surface area (Å²) in [5, 5.41) is 8.05. The Labute approximate surface area is 111 Å². The average molecular weight is 276 g/mol. The van der Waals surface area contributed by atoms with Crippen LogP contribution >= 0.6 is 36.6 Å². The summed E-state index contributed by atoms with van der Waals surface area (Å²) in [6.07, 6.45) is 3.80. The summed E-state index contributed by atoms with van der Waals surface area (Å²) < 4.78 is 0. The molecule has 16 heavy (non-hydrogen) atoms. The molecular formula is C10H16N2OS3. The second-order valence-electron chi connectivity index (χ2n) is 4.26. The minimum absolute atomic E-state index is 0.00112. The summed E-state index contributed by atoms with van der Waals surface area (Å²) in [6, 6.07) is 0.998. The van der Waals surface area contributed by atoms with Crippen molar-refractivity contribution in [3.05, 3.63) is 0 Å². The lowest BCUT2D eigenvalue weighted by Crippen LogP contribution is -2.36. The zero-order valence-electron chi connectivity index (χ0n) is 8.94. The highest BCUT2D eigenvalue weighted by molar-refractivity contribution is 8.00. The van der Waals surface area contributed by atoms with E-state index in [2.05, 4.69) is 23.3 Å². The number of carbonyl (C=O) groups excluding carboxylic acids is 1. The van der Waals surface area contributed by atoms with Crippen molar-refractivity contribution in [2.24, 2.45) is 0 Å². The van der Waals surface area contributed by atoms with Crippen LogP contribution in [-0.2, 0) is 4.79 Å². The number of hydrogen-bond donors (Lipinski definition) is 3. The van der Waals surface area contributed by atoms with Gasteiger partial charge in [-0.25, -0.2) is 0 Å². The topological polar surface area (TPSA) is 41.1 Å². The van der Waals surface area contributed by atoms with Gasteiger partial charge in [0.2, 0.25) is 0 Å². The van der Waals surface area contributed by atoms with Crippen LogP contribution in [0.3, 0.4) is 0 Å². The molecule has 2 N–H and O–H groups in total. The highest BCUT2D eigenvalue weighted by Crippen LogP contribution is 2.33. The predicted molar refractivity (Wildman–Crippen MR) is 75.2 cm³/mol. The molecule has 6 heteroatoms. The quantitative estimate of drug-likeness (QED) is 0.402. The maximum Gasteiger partial charge on any atom is 0.185 e. The van der Waals surface area contributed by atoms with Crippen molar-refractivity contribution in [1.29, 1.82) is 0 Å². The highest BCUT2D eigenvalue weighted by Gasteiger charge is 2.41. The first-order valence-electron chi connectivity index (χ1n) is 5.57. The van der Waals surface area contributed by atoms with Crippen LogP contribution < -0.4 is 10.6 Å². The monoisotopic (exact) mass is 276 g/mol. The van der Waals surface area contributed by atoms with Gasteiger partial charge in [0, 0.05) is 17.4 Å². The van der Waals surface area contributed by atoms with E-state index in [-0.39, 0.29) is 5.12 Å². The first-order chi connectivity index (χ1) is 7.66. The fourth-order valence-corrected chi connectivity index (χ4v) is 4.25. The van der Waals surface area contributed by atoms with Gasteiger partial charge in [-0.3, -0.25) is 4.79 Å². The third-order valence-corrected chi connectivity index (χ3v) is 5.04. The molecule has 0 aliphatic carbocycles. The minimum atomic E-state index is -0.00112. The van der Waals surface area contributed by atoms with Gasteiger partial charge in [0.1, 0.15) is 0 Å². The van der Waals surface area contributed by atoms with Crippen LogP contribution in [0.2, 0.25) is 0 Å². The largest absolute Gasteiger partial charge is 0.357 e. The Morgan fingerprint density at radius 2 is 2.31 bits per heavy atom. The number of nitrogens with one attached hydrogen (secondary N) is 2. The predicted octanol–water partition coefficient (Wildman–Crippen LogP) is 1.33. The summed E-state index contributed by atoms with van der Waals surface area (Å²) in [5.74, 6) is 1.13. The van der Waals surface area contributed by atoms with Gasteiger partial charge in [0.25, 0.3) is 0 Å². The maximum atomic E-state index is 10.7. The zero-order chi connectivity index (χ0) is 11.5. The fraction of sp³-hybridized carbons (Fsp3) is 0.800. The SMILES string of the molecule is O=C(S)CCCC[C@@H]1SC[C@@H]2NC(=S)N[C@@H]21. The molecule has 0 saturated carbocycles. The van der Waals surface area contributed by atoms with Gasteiger partial charge in [0.05, 0.1) is 12.1 Å². The Morgan fingerprint density at radius 3 is 3.06 bits per heavy atom. The van der Waals surface area contributed by atoms with Crippen molar-refractivity contribution in [3.63, 3.8) is 0 Å². The van der Waals surface area contributed by atoms with Crippen molar-refractivity contribution < 1.29 is 4.79 Å². The van der Waals surface area contributed by atoms with Crippen molar-refractivity contribution in [3.8, 4) is 0 Å². The molecule has 0 amide bonds. The van der Waals surface area contributed by atoms with Crippen LogP contribution in [0.1, 0.15) is 25.7 Å². The number of thiol groups is 1. The van der Waals surface area contributed by atoms with Crippen LogP contribution in [0.4, 0.5) is 0 Å². The van der Waals surface area contributed by atoms with E-state index in [1.807, 2.05) is 11.8 Å². The Kier molecular flexibility index (Phi) is 4.38. The molecule has 0 spiro atoms. The molecule has 0 radical (unpaired) electrons. The van der Waals surface area contributed by atoms with Gasteiger partial charge in [-0.05, 0) is 25.1 Å². The first kappa shape index (κ1) is 12.5. The molecule has 2 aliphatic rings. The normalized spacial score (nSPS) is 32.1. The Balaban J connectivity index is 1.70. The Bertz CT molecular complexity index is 298. The molecule has 3 nitrogen and oxygen atoms in total. The van der Waals surface area contributed by atoms with Crippen LogP contribution in [-0.4, -0.2) is 33.3 Å². The molecule has 0 unspecified atom stereocenters. The molecule has 2 heterocycles. The molecule has 0 aromatic heterocycles. The standard InChI is InChI=1S/C10H16N2OS3/c13-8(14)4-2-1-3-7-9-6(5-16-7)11-10(15)12-9/h6-7,9H,1-5H2,(H,13,14)(H2,11,12,15)/t6-,7-,9-/m0/s1. The molecular weight excluding hydrogens is 260 g/mol. The number of fused-ring (bicyclic) bond motifs is 1. The zero-order valence-corrected chi connectivity index (χ0v) is 11.5. The van der Waals surface area contributed by atoms with Crippen molar-refractivity contribution in [2.75, 3.05) is 5.75 Å². The maximum absolute atomic E-state index is 10.7. The number of unbranched alkanes of at least 4 members (excludes halogenated alkanes) is 1. The highest BCUT2D eigenvalue weighted by atomic mass is 32.2. The second-order valence-corrected chi connectivity index (χ2v) is 6.44. The second kappa shape index (κ2) is 5.60. The number of rotatable bonds is 5. The van der Waals surface area contributed by atoms with Crippen molar-refractivity contribution in [2.45, 2.75) is 43.0 Å². The van der Waals surface area contributed by atoms with Gasteiger partial charge in [0.15, 0.2) is 10.2 Å². The molecule has 2 saturated heterocycles. The average Bonchev–Trinajstić information content (AvgIpc) is 2.72. The summed E-state index contributed by atoms with van der Waals surface area (Å²) in [4.78, 5) is 10.7. The molecule has 0 aromatic carbocycles. The molecule has 3 atom stereocenters.